The normalized spacial score (nSPS) is 16.6. The highest BCUT2D eigenvalue weighted by Crippen LogP contribution is 2.30. The number of nitrogens with one attached hydrogen (secondary N) is 1. The number of aromatic nitrogens is 4. The van der Waals surface area contributed by atoms with Gasteiger partial charge in [-0.25, -0.2) is 0 Å². The third-order valence-corrected chi connectivity index (χ3v) is 5.93. The average Bonchev–Trinajstić information content (AvgIpc) is 3.45. The van der Waals surface area contributed by atoms with E-state index in [1.165, 1.54) is 0 Å². The van der Waals surface area contributed by atoms with Gasteiger partial charge in [0.25, 0.3) is 0 Å². The first-order valence-electron chi connectivity index (χ1n) is 10.8. The molecule has 0 spiro atoms. The van der Waals surface area contributed by atoms with Crippen LogP contribution >= 0.6 is 0 Å². The summed E-state index contributed by atoms with van der Waals surface area (Å²) in [4.78, 5) is 22.7. The van der Waals surface area contributed by atoms with Gasteiger partial charge in [-0.2, -0.15) is 0 Å². The molecule has 1 aliphatic heterocycles. The molecule has 7 nitrogen and oxygen atoms in total. The quantitative estimate of drug-likeness (QED) is 0.509. The van der Waals surface area contributed by atoms with Crippen molar-refractivity contribution in [2.75, 3.05) is 6.54 Å². The van der Waals surface area contributed by atoms with Crippen LogP contribution in [0.5, 0.6) is 0 Å². The summed E-state index contributed by atoms with van der Waals surface area (Å²) in [5, 5.41) is 9.50. The van der Waals surface area contributed by atoms with Gasteiger partial charge >= 0.3 is 0 Å². The molecule has 0 saturated carbocycles. The minimum absolute atomic E-state index is 0.0579. The van der Waals surface area contributed by atoms with E-state index >= 15 is 0 Å². The maximum atomic E-state index is 13.0. The van der Waals surface area contributed by atoms with Crippen molar-refractivity contribution in [1.82, 2.24) is 25.1 Å². The van der Waals surface area contributed by atoms with Crippen LogP contribution < -0.4 is 0 Å². The van der Waals surface area contributed by atoms with Crippen molar-refractivity contribution < 1.29 is 9.21 Å². The molecule has 1 fully saturated rings. The highest BCUT2D eigenvalue weighted by atomic mass is 16.4. The molecule has 5 rings (SSSR count). The number of piperidine rings is 1. The summed E-state index contributed by atoms with van der Waals surface area (Å²) < 4.78 is 5.84. The number of aryl methyl sites for hydroxylation is 1. The number of H-pyrrole nitrogens is 1. The van der Waals surface area contributed by atoms with Crippen LogP contribution in [0.15, 0.2) is 59.3 Å². The number of amides is 1. The summed E-state index contributed by atoms with van der Waals surface area (Å²) in [6.07, 6.45) is 8.25. The van der Waals surface area contributed by atoms with Crippen molar-refractivity contribution in [1.29, 1.82) is 0 Å². The van der Waals surface area contributed by atoms with Crippen molar-refractivity contribution >= 4 is 16.8 Å². The molecule has 1 amide bonds. The fourth-order valence-electron chi connectivity index (χ4n) is 4.37. The fourth-order valence-corrected chi connectivity index (χ4v) is 4.37. The number of nitrogens with zero attached hydrogens (tertiary/aromatic N) is 4. The van der Waals surface area contributed by atoms with Gasteiger partial charge in [-0.3, -0.25) is 9.78 Å². The molecule has 1 aromatic carbocycles. The van der Waals surface area contributed by atoms with Crippen LogP contribution in [0.25, 0.3) is 10.9 Å². The molecule has 3 aromatic heterocycles. The summed E-state index contributed by atoms with van der Waals surface area (Å²) in [6.45, 7) is 0.774. The molecule has 0 aliphatic carbocycles. The SMILES string of the molecule is O=C(CCc1nnc(Cc2c[nH]c3ccccc23)o1)N1CCCC[C@H]1c1ccccn1. The van der Waals surface area contributed by atoms with Gasteiger partial charge in [0.05, 0.1) is 18.2 Å². The van der Waals surface area contributed by atoms with E-state index in [0.717, 1.165) is 48.0 Å². The van der Waals surface area contributed by atoms with Crippen LogP contribution in [0.4, 0.5) is 0 Å². The van der Waals surface area contributed by atoms with Gasteiger partial charge in [0.1, 0.15) is 0 Å². The smallest absolute Gasteiger partial charge is 0.223 e. The number of hydrogen-bond donors (Lipinski definition) is 1. The molecule has 7 heteroatoms. The Morgan fingerprint density at radius 1 is 1.10 bits per heavy atom. The molecule has 0 unspecified atom stereocenters. The molecule has 1 saturated heterocycles. The molecule has 0 radical (unpaired) electrons. The van der Waals surface area contributed by atoms with Gasteiger partial charge in [0.15, 0.2) is 0 Å². The summed E-state index contributed by atoms with van der Waals surface area (Å²) >= 11 is 0. The summed E-state index contributed by atoms with van der Waals surface area (Å²) in [6, 6.07) is 14.1. The van der Waals surface area contributed by atoms with E-state index in [2.05, 4.69) is 26.2 Å². The van der Waals surface area contributed by atoms with E-state index in [-0.39, 0.29) is 11.9 Å². The minimum Gasteiger partial charge on any atom is -0.425 e. The Balaban J connectivity index is 1.22. The molecule has 1 atom stereocenters. The number of fused-ring (bicyclic) bond motifs is 1. The first-order chi connectivity index (χ1) is 15.3. The molecule has 4 aromatic rings. The van der Waals surface area contributed by atoms with E-state index in [9.17, 15) is 4.79 Å². The number of likely N-dealkylation sites (tertiary alicyclic amines) is 1. The Hall–Kier alpha value is -3.48. The zero-order chi connectivity index (χ0) is 21.0. The molecule has 1 N–H and O–H groups in total. The lowest BCUT2D eigenvalue weighted by atomic mass is 9.98. The number of pyridine rings is 1. The first kappa shape index (κ1) is 19.5. The summed E-state index contributed by atoms with van der Waals surface area (Å²) in [5.41, 5.74) is 3.18. The van der Waals surface area contributed by atoms with Crippen LogP contribution in [-0.4, -0.2) is 37.5 Å². The predicted octanol–water partition coefficient (Wildman–Crippen LogP) is 4.22. The Kier molecular flexibility index (Phi) is 5.48. The van der Waals surface area contributed by atoms with Gasteiger partial charge in [-0.05, 0) is 43.0 Å². The van der Waals surface area contributed by atoms with Gasteiger partial charge in [-0.1, -0.05) is 24.3 Å². The Morgan fingerprint density at radius 3 is 2.87 bits per heavy atom. The third kappa shape index (κ3) is 4.21. The number of carbonyl (C=O) groups excluding carboxylic acids is 1. The Labute approximate surface area is 180 Å². The maximum absolute atomic E-state index is 13.0. The lowest BCUT2D eigenvalue weighted by molar-refractivity contribution is -0.135. The summed E-state index contributed by atoms with van der Waals surface area (Å²) in [7, 11) is 0. The van der Waals surface area contributed by atoms with E-state index < -0.39 is 0 Å². The molecular formula is C24H25N5O2. The first-order valence-corrected chi connectivity index (χ1v) is 10.8. The van der Waals surface area contributed by atoms with E-state index in [4.69, 9.17) is 4.42 Å². The number of carbonyl (C=O) groups is 1. The molecule has 1 aliphatic rings. The molecule has 158 valence electrons. The number of para-hydroxylation sites is 1. The topological polar surface area (TPSA) is 87.9 Å². The largest absolute Gasteiger partial charge is 0.425 e. The highest BCUT2D eigenvalue weighted by molar-refractivity contribution is 5.83. The molecule has 4 heterocycles. The van der Waals surface area contributed by atoms with Crippen molar-refractivity contribution in [3.63, 3.8) is 0 Å². The lowest BCUT2D eigenvalue weighted by Crippen LogP contribution is -2.39. The van der Waals surface area contributed by atoms with Crippen LogP contribution in [0.2, 0.25) is 0 Å². The minimum atomic E-state index is 0.0579. The number of hydrogen-bond acceptors (Lipinski definition) is 5. The van der Waals surface area contributed by atoms with Gasteiger partial charge in [-0.15, -0.1) is 10.2 Å². The van der Waals surface area contributed by atoms with Crippen LogP contribution in [0.3, 0.4) is 0 Å². The van der Waals surface area contributed by atoms with E-state index in [1.54, 1.807) is 6.20 Å². The molecular weight excluding hydrogens is 390 g/mol. The van der Waals surface area contributed by atoms with Crippen molar-refractivity contribution in [2.45, 2.75) is 44.6 Å². The van der Waals surface area contributed by atoms with Crippen LogP contribution in [0, 0.1) is 0 Å². The average molecular weight is 415 g/mol. The van der Waals surface area contributed by atoms with Crippen LogP contribution in [0.1, 0.15) is 54.8 Å². The monoisotopic (exact) mass is 415 g/mol. The predicted molar refractivity (Wildman–Crippen MR) is 116 cm³/mol. The standard InChI is InChI=1S/C24H25N5O2/c30-24(29-14-6-4-10-21(29)20-9-3-5-13-25-20)12-11-22-27-28-23(31-22)15-17-16-26-19-8-2-1-7-18(17)19/h1-3,5,7-9,13,16,21,26H,4,6,10-12,14-15H2/t21-/m0/s1. The second-order valence-electron chi connectivity index (χ2n) is 7.98. The van der Waals surface area contributed by atoms with Crippen molar-refractivity contribution in [3.05, 3.63) is 77.9 Å². The van der Waals surface area contributed by atoms with Crippen LogP contribution in [-0.2, 0) is 17.6 Å². The Morgan fingerprint density at radius 2 is 1.97 bits per heavy atom. The number of rotatable bonds is 6. The van der Waals surface area contributed by atoms with Gasteiger partial charge < -0.3 is 14.3 Å². The Bertz CT molecular complexity index is 1170. The fraction of sp³-hybridized carbons (Fsp3) is 0.333. The zero-order valence-corrected chi connectivity index (χ0v) is 17.3. The second-order valence-corrected chi connectivity index (χ2v) is 7.98. The highest BCUT2D eigenvalue weighted by Gasteiger charge is 2.28. The summed E-state index contributed by atoms with van der Waals surface area (Å²) in [5.74, 6) is 1.19. The van der Waals surface area contributed by atoms with E-state index in [0.29, 0.717) is 31.0 Å². The second kappa shape index (κ2) is 8.71. The van der Waals surface area contributed by atoms with E-state index in [1.807, 2.05) is 47.5 Å². The van der Waals surface area contributed by atoms with Gasteiger partial charge in [0, 0.05) is 42.7 Å². The molecule has 31 heavy (non-hydrogen) atoms. The zero-order valence-electron chi connectivity index (χ0n) is 17.3. The van der Waals surface area contributed by atoms with Gasteiger partial charge in [0.2, 0.25) is 17.7 Å². The third-order valence-electron chi connectivity index (χ3n) is 5.93. The number of aromatic amines is 1. The number of benzene rings is 1. The maximum Gasteiger partial charge on any atom is 0.223 e. The van der Waals surface area contributed by atoms with Crippen molar-refractivity contribution in [3.8, 4) is 0 Å². The van der Waals surface area contributed by atoms with Crippen molar-refractivity contribution in [2.24, 2.45) is 0 Å². The lowest BCUT2D eigenvalue weighted by Gasteiger charge is -2.35. The molecule has 0 bridgehead atoms.